The molecule has 1 saturated heterocycles. The summed E-state index contributed by atoms with van der Waals surface area (Å²) in [7, 11) is 1.67. The number of hydrogen-bond donors (Lipinski definition) is 2. The highest BCUT2D eigenvalue weighted by atomic mass is 16.5. The molecule has 2 aromatic carbocycles. The second-order valence-electron chi connectivity index (χ2n) is 7.24. The molecule has 0 aliphatic carbocycles. The standard InChI is InChI=1S/C22H26N4O2/c1-15-7-5-9-17-20(15)25-21(24-17)18-10-6-14-26(18)22(27)23-13-12-16-8-3-4-11-19(16)28-2/h3-5,7-9,11,18H,6,10,12-14H2,1-2H3,(H,23,27)(H,24,25)/t18-/m0/s1. The van der Waals surface area contributed by atoms with Crippen LogP contribution in [0.4, 0.5) is 4.79 Å². The molecule has 1 fully saturated rings. The number of aromatic nitrogens is 2. The molecule has 3 aromatic rings. The summed E-state index contributed by atoms with van der Waals surface area (Å²) in [6.07, 6.45) is 2.65. The maximum Gasteiger partial charge on any atom is 0.318 e. The number of fused-ring (bicyclic) bond motifs is 1. The van der Waals surface area contributed by atoms with Gasteiger partial charge in [-0.05, 0) is 49.4 Å². The number of imidazole rings is 1. The second kappa shape index (κ2) is 7.92. The van der Waals surface area contributed by atoms with Crippen LogP contribution in [0.3, 0.4) is 0 Å². The number of urea groups is 1. The van der Waals surface area contributed by atoms with E-state index in [1.165, 1.54) is 0 Å². The van der Waals surface area contributed by atoms with Crippen molar-refractivity contribution in [1.82, 2.24) is 20.2 Å². The summed E-state index contributed by atoms with van der Waals surface area (Å²) in [5.41, 5.74) is 4.25. The third kappa shape index (κ3) is 3.54. The van der Waals surface area contributed by atoms with E-state index in [1.54, 1.807) is 7.11 Å². The second-order valence-corrected chi connectivity index (χ2v) is 7.24. The van der Waals surface area contributed by atoms with Gasteiger partial charge in [0.05, 0.1) is 24.2 Å². The fourth-order valence-electron chi connectivity index (χ4n) is 3.96. The van der Waals surface area contributed by atoms with Gasteiger partial charge in [-0.25, -0.2) is 9.78 Å². The Morgan fingerprint density at radius 1 is 1.29 bits per heavy atom. The first-order chi connectivity index (χ1) is 13.7. The van der Waals surface area contributed by atoms with Crippen LogP contribution in [0.1, 0.15) is 35.8 Å². The third-order valence-corrected chi connectivity index (χ3v) is 5.43. The molecule has 0 bridgehead atoms. The molecule has 146 valence electrons. The van der Waals surface area contributed by atoms with Gasteiger partial charge in [0, 0.05) is 13.1 Å². The number of amides is 2. The lowest BCUT2D eigenvalue weighted by molar-refractivity contribution is 0.191. The van der Waals surface area contributed by atoms with Crippen molar-refractivity contribution < 1.29 is 9.53 Å². The minimum Gasteiger partial charge on any atom is -0.496 e. The van der Waals surface area contributed by atoms with Gasteiger partial charge in [-0.3, -0.25) is 0 Å². The molecule has 1 aliphatic heterocycles. The first-order valence-corrected chi connectivity index (χ1v) is 9.79. The molecule has 28 heavy (non-hydrogen) atoms. The zero-order chi connectivity index (χ0) is 19.5. The van der Waals surface area contributed by atoms with Gasteiger partial charge in [0.2, 0.25) is 0 Å². The SMILES string of the molecule is COc1ccccc1CCNC(=O)N1CCC[C@H]1c1nc2c(C)cccc2[nH]1. The lowest BCUT2D eigenvalue weighted by Crippen LogP contribution is -2.40. The summed E-state index contributed by atoms with van der Waals surface area (Å²) in [6.45, 7) is 3.38. The summed E-state index contributed by atoms with van der Waals surface area (Å²) in [5.74, 6) is 1.73. The molecule has 0 radical (unpaired) electrons. The van der Waals surface area contributed by atoms with Crippen molar-refractivity contribution in [2.24, 2.45) is 0 Å². The number of H-pyrrole nitrogens is 1. The highest BCUT2D eigenvalue weighted by Gasteiger charge is 2.32. The molecule has 2 amide bonds. The number of aromatic amines is 1. The fourth-order valence-corrected chi connectivity index (χ4v) is 3.96. The van der Waals surface area contributed by atoms with Crippen molar-refractivity contribution in [3.63, 3.8) is 0 Å². The van der Waals surface area contributed by atoms with Crippen molar-refractivity contribution in [3.8, 4) is 5.75 Å². The molecule has 1 atom stereocenters. The number of ether oxygens (including phenoxy) is 1. The Morgan fingerprint density at radius 2 is 2.14 bits per heavy atom. The van der Waals surface area contributed by atoms with Gasteiger partial charge >= 0.3 is 6.03 Å². The van der Waals surface area contributed by atoms with E-state index in [2.05, 4.69) is 23.3 Å². The van der Waals surface area contributed by atoms with Crippen LogP contribution < -0.4 is 10.1 Å². The summed E-state index contributed by atoms with van der Waals surface area (Å²) in [6, 6.07) is 14.0. The number of aryl methyl sites for hydroxylation is 1. The maximum atomic E-state index is 12.8. The predicted molar refractivity (Wildman–Crippen MR) is 110 cm³/mol. The molecule has 2 N–H and O–H groups in total. The van der Waals surface area contributed by atoms with Gasteiger partial charge in [-0.1, -0.05) is 30.3 Å². The Hall–Kier alpha value is -3.02. The molecule has 6 heteroatoms. The van der Waals surface area contributed by atoms with E-state index in [4.69, 9.17) is 9.72 Å². The van der Waals surface area contributed by atoms with Crippen molar-refractivity contribution in [2.45, 2.75) is 32.2 Å². The quantitative estimate of drug-likeness (QED) is 0.706. The summed E-state index contributed by atoms with van der Waals surface area (Å²) in [5, 5.41) is 3.06. The molecule has 0 saturated carbocycles. The van der Waals surface area contributed by atoms with Crippen LogP contribution in [-0.4, -0.2) is 41.1 Å². The molecule has 4 rings (SSSR count). The monoisotopic (exact) mass is 378 g/mol. The lowest BCUT2D eigenvalue weighted by Gasteiger charge is -2.23. The number of nitrogens with one attached hydrogen (secondary N) is 2. The Balaban J connectivity index is 1.42. The molecule has 6 nitrogen and oxygen atoms in total. The smallest absolute Gasteiger partial charge is 0.318 e. The highest BCUT2D eigenvalue weighted by Crippen LogP contribution is 2.31. The first kappa shape index (κ1) is 18.3. The molecule has 1 aromatic heterocycles. The van der Waals surface area contributed by atoms with Crippen LogP contribution in [0, 0.1) is 6.92 Å². The summed E-state index contributed by atoms with van der Waals surface area (Å²) >= 11 is 0. The van der Waals surface area contributed by atoms with E-state index in [-0.39, 0.29) is 12.1 Å². The van der Waals surface area contributed by atoms with E-state index in [9.17, 15) is 4.79 Å². The number of nitrogens with zero attached hydrogens (tertiary/aromatic N) is 2. The van der Waals surface area contributed by atoms with Crippen molar-refractivity contribution in [1.29, 1.82) is 0 Å². The van der Waals surface area contributed by atoms with E-state index in [1.807, 2.05) is 41.3 Å². The van der Waals surface area contributed by atoms with Crippen LogP contribution >= 0.6 is 0 Å². The van der Waals surface area contributed by atoms with Crippen LogP contribution in [0.2, 0.25) is 0 Å². The molecule has 0 unspecified atom stereocenters. The van der Waals surface area contributed by atoms with Gasteiger partial charge in [0.1, 0.15) is 11.6 Å². The van der Waals surface area contributed by atoms with Gasteiger partial charge in [-0.15, -0.1) is 0 Å². The van der Waals surface area contributed by atoms with Gasteiger partial charge in [-0.2, -0.15) is 0 Å². The molecular formula is C22H26N4O2. The number of rotatable bonds is 5. The average molecular weight is 378 g/mol. The van der Waals surface area contributed by atoms with E-state index >= 15 is 0 Å². The average Bonchev–Trinajstić information content (AvgIpc) is 3.36. The number of likely N-dealkylation sites (tertiary alicyclic amines) is 1. The van der Waals surface area contributed by atoms with E-state index < -0.39 is 0 Å². The summed E-state index contributed by atoms with van der Waals surface area (Å²) < 4.78 is 5.38. The zero-order valence-corrected chi connectivity index (χ0v) is 16.4. The Labute approximate surface area is 164 Å². The topological polar surface area (TPSA) is 70.2 Å². The van der Waals surface area contributed by atoms with Gasteiger partial charge < -0.3 is 19.9 Å². The number of hydrogen-bond acceptors (Lipinski definition) is 3. The molecule has 1 aliphatic rings. The number of para-hydroxylation sites is 2. The molecule has 2 heterocycles. The largest absolute Gasteiger partial charge is 0.496 e. The van der Waals surface area contributed by atoms with E-state index in [0.717, 1.165) is 59.5 Å². The molecule has 0 spiro atoms. The third-order valence-electron chi connectivity index (χ3n) is 5.43. The Morgan fingerprint density at radius 3 is 2.96 bits per heavy atom. The van der Waals surface area contributed by atoms with Crippen LogP contribution in [0.15, 0.2) is 42.5 Å². The highest BCUT2D eigenvalue weighted by molar-refractivity contribution is 5.79. The van der Waals surface area contributed by atoms with Crippen LogP contribution in [-0.2, 0) is 6.42 Å². The minimum absolute atomic E-state index is 0.00180. The maximum absolute atomic E-state index is 12.8. The van der Waals surface area contributed by atoms with Crippen LogP contribution in [0.5, 0.6) is 5.75 Å². The van der Waals surface area contributed by atoms with Crippen molar-refractivity contribution >= 4 is 17.1 Å². The van der Waals surface area contributed by atoms with Crippen molar-refractivity contribution in [2.75, 3.05) is 20.2 Å². The zero-order valence-electron chi connectivity index (χ0n) is 16.4. The Bertz CT molecular complexity index is 982. The van der Waals surface area contributed by atoms with Crippen LogP contribution in [0.25, 0.3) is 11.0 Å². The number of benzene rings is 2. The first-order valence-electron chi connectivity index (χ1n) is 9.79. The lowest BCUT2D eigenvalue weighted by atomic mass is 10.1. The van der Waals surface area contributed by atoms with Gasteiger partial charge in [0.15, 0.2) is 0 Å². The van der Waals surface area contributed by atoms with E-state index in [0.29, 0.717) is 6.54 Å². The number of methoxy groups -OCH3 is 1. The molecular weight excluding hydrogens is 352 g/mol. The minimum atomic E-state index is -0.0328. The number of carbonyl (C=O) groups excluding carboxylic acids is 1. The van der Waals surface area contributed by atoms with Gasteiger partial charge in [0.25, 0.3) is 0 Å². The fraction of sp³-hybridized carbons (Fsp3) is 0.364. The normalized spacial score (nSPS) is 16.5. The number of carbonyl (C=O) groups is 1. The summed E-state index contributed by atoms with van der Waals surface area (Å²) in [4.78, 5) is 22.9. The van der Waals surface area contributed by atoms with Crippen molar-refractivity contribution in [3.05, 3.63) is 59.4 Å². The predicted octanol–water partition coefficient (Wildman–Crippen LogP) is 3.97. The Kier molecular flexibility index (Phi) is 5.19.